The minimum atomic E-state index is -5.14. The van der Waals surface area contributed by atoms with Gasteiger partial charge in [0.05, 0.1) is 34.3 Å². The zero-order valence-corrected chi connectivity index (χ0v) is 22.2. The number of amides is 2. The summed E-state index contributed by atoms with van der Waals surface area (Å²) < 4.78 is 158. The summed E-state index contributed by atoms with van der Waals surface area (Å²) >= 11 is 0. The van der Waals surface area contributed by atoms with E-state index in [2.05, 4.69) is 15.6 Å². The van der Waals surface area contributed by atoms with E-state index in [-0.39, 0.29) is 12.1 Å². The van der Waals surface area contributed by atoms with Crippen molar-refractivity contribution in [1.29, 1.82) is 0 Å². The molecule has 0 saturated heterocycles. The number of hydrogen-bond donors (Lipinski definition) is 2. The predicted molar refractivity (Wildman–Crippen MR) is 129 cm³/mol. The van der Waals surface area contributed by atoms with Crippen molar-refractivity contribution in [2.45, 2.75) is 50.6 Å². The maximum atomic E-state index is 13.2. The van der Waals surface area contributed by atoms with E-state index in [1.54, 1.807) is 0 Å². The Balaban J connectivity index is 1.83. The van der Waals surface area contributed by atoms with Crippen molar-refractivity contribution in [1.82, 2.24) is 15.6 Å². The molecule has 17 heteroatoms. The lowest BCUT2D eigenvalue weighted by molar-refractivity contribution is -0.144. The normalized spacial score (nSPS) is 14.1. The quantitative estimate of drug-likeness (QED) is 0.266. The number of carbonyl (C=O) groups is 2. The number of aromatic nitrogens is 1. The van der Waals surface area contributed by atoms with Crippen molar-refractivity contribution in [3.05, 3.63) is 99.4 Å². The van der Waals surface area contributed by atoms with Crippen LogP contribution in [0.15, 0.2) is 54.6 Å². The average Bonchev–Trinajstić information content (AvgIpc) is 2.90. The second-order valence-electron chi connectivity index (χ2n) is 9.48. The number of rotatable bonds is 6. The van der Waals surface area contributed by atoms with Crippen molar-refractivity contribution in [2.75, 3.05) is 0 Å². The molecule has 0 radical (unpaired) electrons. The van der Waals surface area contributed by atoms with Gasteiger partial charge in [-0.15, -0.1) is 0 Å². The van der Waals surface area contributed by atoms with Crippen LogP contribution in [0.5, 0.6) is 0 Å². The van der Waals surface area contributed by atoms with Gasteiger partial charge in [0, 0.05) is 0 Å². The molecule has 0 aliphatic heterocycles. The van der Waals surface area contributed by atoms with Gasteiger partial charge in [-0.3, -0.25) is 9.59 Å². The molecular formula is C27H19F12N3O2. The van der Waals surface area contributed by atoms with Gasteiger partial charge in [-0.05, 0) is 73.5 Å². The molecular weight excluding hydrogens is 626 g/mol. The number of pyridine rings is 1. The summed E-state index contributed by atoms with van der Waals surface area (Å²) in [4.78, 5) is 29.2. The third-order valence-corrected chi connectivity index (χ3v) is 6.13. The van der Waals surface area contributed by atoms with E-state index in [0.717, 1.165) is 32.0 Å². The summed E-state index contributed by atoms with van der Waals surface area (Å²) in [6, 6.07) is 1.82. The first kappa shape index (κ1) is 34.2. The zero-order valence-electron chi connectivity index (χ0n) is 22.2. The highest BCUT2D eigenvalue weighted by Crippen LogP contribution is 2.39. The SMILES string of the molecule is C[C@@H](NC(=O)c1cccc(C(=O)N[C@H](C)c2cc(C(F)(F)F)cc(C(F)(F)F)c2)n1)c1cc(C(F)(F)F)cc(C(F)(F)F)c1. The maximum Gasteiger partial charge on any atom is 0.416 e. The van der Waals surface area contributed by atoms with Gasteiger partial charge in [0.2, 0.25) is 0 Å². The molecule has 3 rings (SSSR count). The molecule has 2 atom stereocenters. The van der Waals surface area contributed by atoms with Crippen molar-refractivity contribution >= 4 is 11.8 Å². The minimum Gasteiger partial charge on any atom is -0.344 e. The highest BCUT2D eigenvalue weighted by atomic mass is 19.4. The summed E-state index contributed by atoms with van der Waals surface area (Å²) in [5.74, 6) is -2.25. The molecule has 3 aromatic rings. The molecule has 0 aliphatic rings. The van der Waals surface area contributed by atoms with Crippen LogP contribution in [0.1, 0.15) is 80.3 Å². The largest absolute Gasteiger partial charge is 0.416 e. The van der Waals surface area contributed by atoms with Crippen LogP contribution >= 0.6 is 0 Å². The van der Waals surface area contributed by atoms with E-state index in [4.69, 9.17) is 0 Å². The van der Waals surface area contributed by atoms with Crippen molar-refractivity contribution < 1.29 is 62.3 Å². The van der Waals surface area contributed by atoms with E-state index in [0.29, 0.717) is 24.3 Å². The summed E-state index contributed by atoms with van der Waals surface area (Å²) in [6.07, 6.45) is -20.5. The number of carbonyl (C=O) groups excluding carboxylic acids is 2. The minimum absolute atomic E-state index is 0.0913. The van der Waals surface area contributed by atoms with Gasteiger partial charge in [-0.25, -0.2) is 4.98 Å². The number of hydrogen-bond acceptors (Lipinski definition) is 3. The predicted octanol–water partition coefficient (Wildman–Crippen LogP) is 8.14. The van der Waals surface area contributed by atoms with E-state index in [9.17, 15) is 62.3 Å². The number of nitrogens with zero attached hydrogens (tertiary/aromatic N) is 1. The fourth-order valence-electron chi connectivity index (χ4n) is 3.85. The van der Waals surface area contributed by atoms with Gasteiger partial charge in [-0.1, -0.05) is 6.07 Å². The first-order chi connectivity index (χ1) is 20.0. The number of nitrogens with one attached hydrogen (secondary N) is 2. The molecule has 0 unspecified atom stereocenters. The Kier molecular flexibility index (Phi) is 9.32. The molecule has 0 fully saturated rings. The third-order valence-electron chi connectivity index (χ3n) is 6.13. The Hall–Kier alpha value is -4.31. The lowest BCUT2D eigenvalue weighted by Gasteiger charge is -2.19. The first-order valence-corrected chi connectivity index (χ1v) is 12.1. The third kappa shape index (κ3) is 8.41. The van der Waals surface area contributed by atoms with Crippen molar-refractivity contribution in [3.63, 3.8) is 0 Å². The highest BCUT2D eigenvalue weighted by Gasteiger charge is 2.39. The molecule has 2 N–H and O–H groups in total. The van der Waals surface area contributed by atoms with Crippen LogP contribution in [-0.2, 0) is 24.7 Å². The molecule has 238 valence electrons. The smallest absolute Gasteiger partial charge is 0.344 e. The number of benzene rings is 2. The van der Waals surface area contributed by atoms with E-state index in [1.807, 2.05) is 0 Å². The molecule has 0 bridgehead atoms. The van der Waals surface area contributed by atoms with Crippen LogP contribution in [0.4, 0.5) is 52.7 Å². The van der Waals surface area contributed by atoms with Crippen LogP contribution in [0.25, 0.3) is 0 Å². The fourth-order valence-corrected chi connectivity index (χ4v) is 3.85. The Labute approximate surface area is 240 Å². The van der Waals surface area contributed by atoms with Gasteiger partial charge >= 0.3 is 24.7 Å². The van der Waals surface area contributed by atoms with E-state index < -0.39 is 93.4 Å². The van der Waals surface area contributed by atoms with Crippen LogP contribution in [0.3, 0.4) is 0 Å². The topological polar surface area (TPSA) is 71.1 Å². The molecule has 0 saturated carbocycles. The molecule has 2 amide bonds. The number of halogens is 12. The van der Waals surface area contributed by atoms with Crippen LogP contribution in [0.2, 0.25) is 0 Å². The van der Waals surface area contributed by atoms with E-state index in [1.165, 1.54) is 0 Å². The lowest BCUT2D eigenvalue weighted by Crippen LogP contribution is -2.30. The fraction of sp³-hybridized carbons (Fsp3) is 0.296. The Morgan fingerprint density at radius 1 is 0.545 bits per heavy atom. The Morgan fingerprint density at radius 2 is 0.818 bits per heavy atom. The average molecular weight is 645 g/mol. The van der Waals surface area contributed by atoms with E-state index >= 15 is 0 Å². The Bertz CT molecular complexity index is 1370. The molecule has 1 aromatic heterocycles. The van der Waals surface area contributed by atoms with Crippen LogP contribution < -0.4 is 10.6 Å². The second-order valence-corrected chi connectivity index (χ2v) is 9.48. The molecule has 0 aliphatic carbocycles. The van der Waals surface area contributed by atoms with Crippen LogP contribution in [0, 0.1) is 0 Å². The zero-order chi connectivity index (χ0) is 33.4. The molecule has 0 spiro atoms. The summed E-state index contributed by atoms with van der Waals surface area (Å²) in [6.45, 7) is 2.19. The van der Waals surface area contributed by atoms with Crippen molar-refractivity contribution in [2.24, 2.45) is 0 Å². The standard InChI is InChI=1S/C27H19F12N3O2/c1-12(14-6-16(24(28,29)30)10-17(7-14)25(31,32)33)40-22(43)20-4-3-5-21(42-20)23(44)41-13(2)15-8-18(26(34,35)36)11-19(9-15)27(37,38)39/h3-13H,1-2H3,(H,40,43)(H,41,44)/t12-,13-/m1/s1. The summed E-state index contributed by atoms with van der Waals surface area (Å²) in [7, 11) is 0. The monoisotopic (exact) mass is 645 g/mol. The molecule has 2 aromatic carbocycles. The highest BCUT2D eigenvalue weighted by molar-refractivity contribution is 5.96. The molecule has 1 heterocycles. The van der Waals surface area contributed by atoms with Gasteiger partial charge < -0.3 is 10.6 Å². The number of alkyl halides is 12. The molecule has 5 nitrogen and oxygen atoms in total. The summed E-state index contributed by atoms with van der Waals surface area (Å²) in [5, 5.41) is 4.32. The maximum absolute atomic E-state index is 13.2. The first-order valence-electron chi connectivity index (χ1n) is 12.1. The second kappa shape index (κ2) is 12.0. The Morgan fingerprint density at radius 3 is 1.07 bits per heavy atom. The van der Waals surface area contributed by atoms with Gasteiger partial charge in [0.25, 0.3) is 11.8 Å². The summed E-state index contributed by atoms with van der Waals surface area (Å²) in [5.41, 5.74) is -8.62. The van der Waals surface area contributed by atoms with Gasteiger partial charge in [-0.2, -0.15) is 52.7 Å². The van der Waals surface area contributed by atoms with Gasteiger partial charge in [0.1, 0.15) is 11.4 Å². The lowest BCUT2D eigenvalue weighted by atomic mass is 10.00. The van der Waals surface area contributed by atoms with Crippen LogP contribution in [-0.4, -0.2) is 16.8 Å². The van der Waals surface area contributed by atoms with Crippen molar-refractivity contribution in [3.8, 4) is 0 Å². The molecule has 44 heavy (non-hydrogen) atoms. The van der Waals surface area contributed by atoms with Gasteiger partial charge in [0.15, 0.2) is 0 Å².